The molecular weight excluding hydrogens is 250 g/mol. The molecule has 2 rings (SSSR count). The molecule has 0 aromatic heterocycles. The third-order valence-corrected chi connectivity index (χ3v) is 4.10. The predicted molar refractivity (Wildman–Crippen MR) is 82.5 cm³/mol. The lowest BCUT2D eigenvalue weighted by Crippen LogP contribution is -2.37. The molecule has 1 N–H and O–H groups in total. The zero-order chi connectivity index (χ0) is 14.2. The molecule has 0 spiro atoms. The lowest BCUT2D eigenvalue weighted by Gasteiger charge is -2.33. The number of likely N-dealkylation sites (N-methyl/N-ethyl adjacent to an activating group) is 1. The number of nitrogens with one attached hydrogen (secondary N) is 1. The molecule has 2 atom stereocenters. The Bertz CT molecular complexity index is 392. The molecule has 0 radical (unpaired) electrons. The summed E-state index contributed by atoms with van der Waals surface area (Å²) < 4.78 is 11.0. The topological polar surface area (TPSA) is 30.5 Å². The van der Waals surface area contributed by atoms with E-state index in [1.807, 2.05) is 0 Å². The monoisotopic (exact) mass is 277 g/mol. The Morgan fingerprint density at radius 1 is 1.15 bits per heavy atom. The molecule has 20 heavy (non-hydrogen) atoms. The first-order valence-electron chi connectivity index (χ1n) is 7.80. The van der Waals surface area contributed by atoms with E-state index in [-0.39, 0.29) is 0 Å². The highest BCUT2D eigenvalue weighted by Gasteiger charge is 2.27. The van der Waals surface area contributed by atoms with Gasteiger partial charge in [0.15, 0.2) is 0 Å². The predicted octanol–water partition coefficient (Wildman–Crippen LogP) is 3.35. The van der Waals surface area contributed by atoms with Crippen molar-refractivity contribution in [2.75, 3.05) is 26.9 Å². The van der Waals surface area contributed by atoms with Crippen molar-refractivity contribution in [2.45, 2.75) is 44.6 Å². The maximum atomic E-state index is 5.90. The first kappa shape index (κ1) is 15.3. The molecule has 3 heteroatoms. The summed E-state index contributed by atoms with van der Waals surface area (Å²) in [6.45, 7) is 4.47. The quantitative estimate of drug-likeness (QED) is 0.775. The zero-order valence-electron chi connectivity index (χ0n) is 12.7. The number of ether oxygens (including phenoxy) is 2. The second-order valence-corrected chi connectivity index (χ2v) is 5.43. The minimum absolute atomic E-state index is 0.572. The second kappa shape index (κ2) is 8.28. The summed E-state index contributed by atoms with van der Waals surface area (Å²) in [7, 11) is 1.71. The van der Waals surface area contributed by atoms with Crippen LogP contribution in [0, 0.1) is 0 Å². The van der Waals surface area contributed by atoms with Gasteiger partial charge < -0.3 is 14.8 Å². The summed E-state index contributed by atoms with van der Waals surface area (Å²) in [6, 6.07) is 9.07. The van der Waals surface area contributed by atoms with Crippen LogP contribution in [-0.4, -0.2) is 32.9 Å². The van der Waals surface area contributed by atoms with Gasteiger partial charge in [-0.2, -0.15) is 0 Å². The van der Waals surface area contributed by atoms with Gasteiger partial charge in [-0.3, -0.25) is 0 Å². The first-order chi connectivity index (χ1) is 9.86. The van der Waals surface area contributed by atoms with E-state index in [0.717, 1.165) is 12.3 Å². The van der Waals surface area contributed by atoms with Crippen molar-refractivity contribution in [2.24, 2.45) is 0 Å². The highest BCUT2D eigenvalue weighted by Crippen LogP contribution is 2.37. The van der Waals surface area contributed by atoms with Crippen LogP contribution in [0.1, 0.15) is 44.1 Å². The van der Waals surface area contributed by atoms with Crippen LogP contribution in [-0.2, 0) is 4.74 Å². The van der Waals surface area contributed by atoms with E-state index >= 15 is 0 Å². The smallest absolute Gasteiger partial charge is 0.122 e. The Morgan fingerprint density at radius 2 is 1.95 bits per heavy atom. The van der Waals surface area contributed by atoms with E-state index in [1.54, 1.807) is 7.11 Å². The molecule has 0 heterocycles. The first-order valence-corrected chi connectivity index (χ1v) is 7.80. The molecule has 0 aliphatic heterocycles. The fraction of sp³-hybridized carbons (Fsp3) is 0.647. The highest BCUT2D eigenvalue weighted by atomic mass is 16.5. The molecule has 1 aliphatic rings. The molecule has 1 saturated carbocycles. The Kier molecular flexibility index (Phi) is 6.34. The molecule has 1 fully saturated rings. The lowest BCUT2D eigenvalue weighted by atomic mass is 9.79. The molecule has 1 aromatic rings. The maximum absolute atomic E-state index is 5.90. The molecule has 0 saturated heterocycles. The Hall–Kier alpha value is -1.06. The van der Waals surface area contributed by atoms with Gasteiger partial charge in [-0.1, -0.05) is 38.0 Å². The SMILES string of the molecule is CCNC1CCCCC1c1ccccc1OCCOC. The van der Waals surface area contributed by atoms with Gasteiger partial charge in [0, 0.05) is 19.1 Å². The fourth-order valence-electron chi connectivity index (χ4n) is 3.16. The van der Waals surface area contributed by atoms with Crippen molar-refractivity contribution in [3.63, 3.8) is 0 Å². The maximum Gasteiger partial charge on any atom is 0.122 e. The van der Waals surface area contributed by atoms with Crippen molar-refractivity contribution in [1.82, 2.24) is 5.32 Å². The standard InChI is InChI=1S/C17H27NO2/c1-3-18-16-10-6-4-8-14(16)15-9-5-7-11-17(15)20-13-12-19-2/h5,7,9,11,14,16,18H,3-4,6,8,10,12-13H2,1-2H3. The molecule has 3 nitrogen and oxygen atoms in total. The minimum atomic E-state index is 0.572. The molecule has 1 aromatic carbocycles. The van der Waals surface area contributed by atoms with Gasteiger partial charge in [-0.15, -0.1) is 0 Å². The van der Waals surface area contributed by atoms with Gasteiger partial charge in [0.25, 0.3) is 0 Å². The van der Waals surface area contributed by atoms with E-state index in [1.165, 1.54) is 31.2 Å². The minimum Gasteiger partial charge on any atom is -0.491 e. The molecule has 0 bridgehead atoms. The number of para-hydroxylation sites is 1. The number of methoxy groups -OCH3 is 1. The zero-order valence-corrected chi connectivity index (χ0v) is 12.7. The summed E-state index contributed by atoms with van der Waals surface area (Å²) in [5.74, 6) is 1.60. The number of benzene rings is 1. The van der Waals surface area contributed by atoms with Gasteiger partial charge in [0.2, 0.25) is 0 Å². The summed E-state index contributed by atoms with van der Waals surface area (Å²) in [5, 5.41) is 3.65. The summed E-state index contributed by atoms with van der Waals surface area (Å²) in [4.78, 5) is 0. The number of hydrogen-bond donors (Lipinski definition) is 1. The van der Waals surface area contributed by atoms with Crippen LogP contribution in [0.25, 0.3) is 0 Å². The van der Waals surface area contributed by atoms with Crippen molar-refractivity contribution >= 4 is 0 Å². The number of hydrogen-bond acceptors (Lipinski definition) is 3. The van der Waals surface area contributed by atoms with E-state index in [4.69, 9.17) is 9.47 Å². The van der Waals surface area contributed by atoms with Crippen LogP contribution in [0.3, 0.4) is 0 Å². The molecule has 112 valence electrons. The molecule has 1 aliphatic carbocycles. The summed E-state index contributed by atoms with van der Waals surface area (Å²) >= 11 is 0. The van der Waals surface area contributed by atoms with Gasteiger partial charge in [0.05, 0.1) is 6.61 Å². The largest absolute Gasteiger partial charge is 0.491 e. The van der Waals surface area contributed by atoms with Crippen molar-refractivity contribution in [3.8, 4) is 5.75 Å². The van der Waals surface area contributed by atoms with Gasteiger partial charge in [-0.05, 0) is 31.0 Å². The van der Waals surface area contributed by atoms with Crippen LogP contribution < -0.4 is 10.1 Å². The highest BCUT2D eigenvalue weighted by molar-refractivity contribution is 5.37. The normalized spacial score (nSPS) is 22.7. The average Bonchev–Trinajstić information content (AvgIpc) is 2.49. The fourth-order valence-corrected chi connectivity index (χ4v) is 3.16. The Balaban J connectivity index is 2.12. The molecular formula is C17H27NO2. The van der Waals surface area contributed by atoms with Crippen LogP contribution in [0.4, 0.5) is 0 Å². The van der Waals surface area contributed by atoms with Crippen LogP contribution >= 0.6 is 0 Å². The van der Waals surface area contributed by atoms with Gasteiger partial charge in [-0.25, -0.2) is 0 Å². The van der Waals surface area contributed by atoms with Crippen LogP contribution in [0.15, 0.2) is 24.3 Å². The van der Waals surface area contributed by atoms with E-state index in [0.29, 0.717) is 25.2 Å². The number of rotatable bonds is 7. The Labute approximate surface area is 122 Å². The van der Waals surface area contributed by atoms with Crippen molar-refractivity contribution < 1.29 is 9.47 Å². The van der Waals surface area contributed by atoms with Crippen molar-refractivity contribution in [3.05, 3.63) is 29.8 Å². The second-order valence-electron chi connectivity index (χ2n) is 5.43. The lowest BCUT2D eigenvalue weighted by molar-refractivity contribution is 0.145. The average molecular weight is 277 g/mol. The van der Waals surface area contributed by atoms with Gasteiger partial charge >= 0.3 is 0 Å². The van der Waals surface area contributed by atoms with Crippen LogP contribution in [0.2, 0.25) is 0 Å². The van der Waals surface area contributed by atoms with Crippen LogP contribution in [0.5, 0.6) is 5.75 Å². The summed E-state index contributed by atoms with van der Waals surface area (Å²) in [6.07, 6.45) is 5.17. The van der Waals surface area contributed by atoms with Gasteiger partial charge in [0.1, 0.15) is 12.4 Å². The molecule has 0 amide bonds. The summed E-state index contributed by atoms with van der Waals surface area (Å²) in [5.41, 5.74) is 1.36. The van der Waals surface area contributed by atoms with Crippen molar-refractivity contribution in [1.29, 1.82) is 0 Å². The Morgan fingerprint density at radius 3 is 2.75 bits per heavy atom. The third-order valence-electron chi connectivity index (χ3n) is 4.10. The third kappa shape index (κ3) is 3.97. The van der Waals surface area contributed by atoms with E-state index < -0.39 is 0 Å². The van der Waals surface area contributed by atoms with E-state index in [9.17, 15) is 0 Å². The molecule has 2 unspecified atom stereocenters. The van der Waals surface area contributed by atoms with E-state index in [2.05, 4.69) is 36.5 Å².